The maximum Gasteiger partial charge on any atom is 0.316 e. The third kappa shape index (κ3) is 3.63. The van der Waals surface area contributed by atoms with Gasteiger partial charge in [-0.1, -0.05) is 0 Å². The first kappa shape index (κ1) is 12.7. The number of nitrogens with one attached hydrogen (secondary N) is 2. The van der Waals surface area contributed by atoms with Gasteiger partial charge in [0.2, 0.25) is 11.5 Å². The minimum absolute atomic E-state index is 0.0658. The second-order valence-corrected chi connectivity index (χ2v) is 3.38. The van der Waals surface area contributed by atoms with E-state index in [-0.39, 0.29) is 24.1 Å². The number of rotatable bonds is 4. The van der Waals surface area contributed by atoms with Crippen molar-refractivity contribution in [3.05, 3.63) is 5.69 Å². The summed E-state index contributed by atoms with van der Waals surface area (Å²) in [5.41, 5.74) is 5.26. The molecule has 0 saturated carbocycles. The monoisotopic (exact) mass is 242 g/mol. The Morgan fingerprint density at radius 1 is 1.29 bits per heavy atom. The molecule has 0 bridgehead atoms. The van der Waals surface area contributed by atoms with Crippen LogP contribution in [0.25, 0.3) is 0 Å². The molecule has 0 atom stereocenters. The molecule has 1 heterocycles. The van der Waals surface area contributed by atoms with Crippen molar-refractivity contribution in [2.24, 2.45) is 0 Å². The number of carbonyl (C=O) groups excluding carboxylic acids is 2. The Morgan fingerprint density at radius 2 is 1.94 bits per heavy atom. The molecule has 9 heteroatoms. The lowest BCUT2D eigenvalue weighted by molar-refractivity contribution is 0.0944. The molecule has 3 amide bonds. The van der Waals surface area contributed by atoms with E-state index in [1.165, 1.54) is 4.90 Å². The van der Waals surface area contributed by atoms with Crippen LogP contribution in [0.3, 0.4) is 0 Å². The van der Waals surface area contributed by atoms with E-state index in [1.807, 2.05) is 0 Å². The molecule has 0 aliphatic carbocycles. The molecule has 17 heavy (non-hydrogen) atoms. The number of nitrogens with two attached hydrogens (primary N) is 1. The Labute approximate surface area is 97.3 Å². The molecular weight excluding hydrogens is 228 g/mol. The van der Waals surface area contributed by atoms with E-state index in [2.05, 4.69) is 25.6 Å². The molecule has 0 aliphatic heterocycles. The summed E-state index contributed by atoms with van der Waals surface area (Å²) in [4.78, 5) is 23.9. The molecule has 1 aromatic heterocycles. The fourth-order valence-electron chi connectivity index (χ4n) is 0.940. The highest BCUT2D eigenvalue weighted by Crippen LogP contribution is 2.02. The van der Waals surface area contributed by atoms with Crippen molar-refractivity contribution < 1.29 is 14.2 Å². The van der Waals surface area contributed by atoms with Gasteiger partial charge in [-0.2, -0.15) is 0 Å². The summed E-state index contributed by atoms with van der Waals surface area (Å²) in [6.45, 7) is 0.554. The smallest absolute Gasteiger partial charge is 0.316 e. The summed E-state index contributed by atoms with van der Waals surface area (Å²) >= 11 is 0. The maximum atomic E-state index is 11.4. The van der Waals surface area contributed by atoms with Crippen molar-refractivity contribution in [3.63, 3.8) is 0 Å². The molecule has 0 aliphatic rings. The first-order valence-electron chi connectivity index (χ1n) is 4.83. The first-order chi connectivity index (χ1) is 8.02. The largest absolute Gasteiger partial charge is 0.379 e. The van der Waals surface area contributed by atoms with Crippen molar-refractivity contribution in [1.29, 1.82) is 0 Å². The van der Waals surface area contributed by atoms with Gasteiger partial charge in [-0.15, -0.1) is 0 Å². The molecule has 0 spiro atoms. The van der Waals surface area contributed by atoms with Gasteiger partial charge in [0.1, 0.15) is 0 Å². The van der Waals surface area contributed by atoms with Crippen molar-refractivity contribution in [1.82, 2.24) is 25.8 Å². The first-order valence-corrected chi connectivity index (χ1v) is 4.83. The van der Waals surface area contributed by atoms with Gasteiger partial charge in [0.15, 0.2) is 0 Å². The Hall–Kier alpha value is -2.32. The van der Waals surface area contributed by atoms with Crippen LogP contribution in [0, 0.1) is 0 Å². The molecule has 94 valence electrons. The van der Waals surface area contributed by atoms with Crippen molar-refractivity contribution in [2.45, 2.75) is 0 Å². The zero-order valence-electron chi connectivity index (χ0n) is 9.56. The lowest BCUT2D eigenvalue weighted by atomic mass is 10.4. The van der Waals surface area contributed by atoms with Crippen LogP contribution in [-0.2, 0) is 0 Å². The fraction of sp³-hybridized carbons (Fsp3) is 0.500. The Kier molecular flexibility index (Phi) is 4.26. The fourth-order valence-corrected chi connectivity index (χ4v) is 0.940. The van der Waals surface area contributed by atoms with Crippen LogP contribution in [0.5, 0.6) is 0 Å². The van der Waals surface area contributed by atoms with E-state index < -0.39 is 5.91 Å². The topological polar surface area (TPSA) is 126 Å². The number of hydrogen-bond acceptors (Lipinski definition) is 6. The van der Waals surface area contributed by atoms with Crippen LogP contribution in [-0.4, -0.2) is 54.3 Å². The SMILES string of the molecule is CN(C)C(=O)NCCNC(=O)c1nonc1N. The van der Waals surface area contributed by atoms with Gasteiger partial charge in [0.05, 0.1) is 0 Å². The van der Waals surface area contributed by atoms with Crippen molar-refractivity contribution >= 4 is 17.8 Å². The van der Waals surface area contributed by atoms with Gasteiger partial charge in [-0.3, -0.25) is 4.79 Å². The zero-order chi connectivity index (χ0) is 12.8. The summed E-state index contributed by atoms with van der Waals surface area (Å²) in [5.74, 6) is -0.567. The van der Waals surface area contributed by atoms with Crippen molar-refractivity contribution in [2.75, 3.05) is 32.9 Å². The van der Waals surface area contributed by atoms with E-state index >= 15 is 0 Å². The molecule has 0 unspecified atom stereocenters. The van der Waals surface area contributed by atoms with E-state index in [0.717, 1.165) is 0 Å². The minimum atomic E-state index is -0.497. The zero-order valence-corrected chi connectivity index (χ0v) is 9.56. The summed E-state index contributed by atoms with van der Waals surface area (Å²) in [6.07, 6.45) is 0. The van der Waals surface area contributed by atoms with Gasteiger partial charge in [-0.25, -0.2) is 9.42 Å². The van der Waals surface area contributed by atoms with Gasteiger partial charge in [0, 0.05) is 27.2 Å². The highest BCUT2D eigenvalue weighted by atomic mass is 16.6. The third-order valence-electron chi connectivity index (χ3n) is 1.82. The van der Waals surface area contributed by atoms with Gasteiger partial charge in [0.25, 0.3) is 5.91 Å². The molecule has 9 nitrogen and oxygen atoms in total. The lowest BCUT2D eigenvalue weighted by Gasteiger charge is -2.11. The van der Waals surface area contributed by atoms with E-state index in [4.69, 9.17) is 5.73 Å². The van der Waals surface area contributed by atoms with Gasteiger partial charge in [-0.05, 0) is 10.3 Å². The Balaban J connectivity index is 2.26. The second kappa shape index (κ2) is 5.68. The van der Waals surface area contributed by atoms with Crippen LogP contribution in [0.4, 0.5) is 10.6 Å². The number of nitrogens with zero attached hydrogens (tertiary/aromatic N) is 3. The molecule has 1 rings (SSSR count). The molecule has 0 saturated heterocycles. The van der Waals surface area contributed by atoms with E-state index in [1.54, 1.807) is 14.1 Å². The van der Waals surface area contributed by atoms with Crippen LogP contribution in [0.15, 0.2) is 4.63 Å². The van der Waals surface area contributed by atoms with Crippen molar-refractivity contribution in [3.8, 4) is 0 Å². The van der Waals surface area contributed by atoms with E-state index in [0.29, 0.717) is 6.54 Å². The quantitative estimate of drug-likeness (QED) is 0.560. The highest BCUT2D eigenvalue weighted by molar-refractivity contribution is 5.95. The predicted octanol–water partition coefficient (Wildman–Crippen LogP) is -1.35. The summed E-state index contributed by atoms with van der Waals surface area (Å²) in [6, 6.07) is -0.234. The predicted molar refractivity (Wildman–Crippen MR) is 58.1 cm³/mol. The molecule has 1 aromatic rings. The number of anilines is 1. The number of carbonyl (C=O) groups is 2. The maximum absolute atomic E-state index is 11.4. The Bertz CT molecular complexity index is 402. The summed E-state index contributed by atoms with van der Waals surface area (Å²) < 4.78 is 4.28. The van der Waals surface area contributed by atoms with E-state index in [9.17, 15) is 9.59 Å². The van der Waals surface area contributed by atoms with Crippen LogP contribution in [0.1, 0.15) is 10.5 Å². The van der Waals surface area contributed by atoms with Crippen LogP contribution < -0.4 is 16.4 Å². The highest BCUT2D eigenvalue weighted by Gasteiger charge is 2.15. The number of aromatic nitrogens is 2. The molecule has 0 fully saturated rings. The average molecular weight is 242 g/mol. The lowest BCUT2D eigenvalue weighted by Crippen LogP contribution is -2.39. The average Bonchev–Trinajstić information content (AvgIpc) is 2.70. The molecule has 4 N–H and O–H groups in total. The van der Waals surface area contributed by atoms with Crippen LogP contribution in [0.2, 0.25) is 0 Å². The minimum Gasteiger partial charge on any atom is -0.379 e. The Morgan fingerprint density at radius 3 is 2.47 bits per heavy atom. The molecule has 0 aromatic carbocycles. The standard InChI is InChI=1S/C8H14N6O3/c1-14(2)8(16)11-4-3-10-7(15)5-6(9)13-17-12-5/h3-4H2,1-2H3,(H2,9,13)(H,10,15)(H,11,16). The number of hydrogen-bond donors (Lipinski definition) is 3. The van der Waals surface area contributed by atoms with Crippen LogP contribution >= 0.6 is 0 Å². The molecular formula is C8H14N6O3. The second-order valence-electron chi connectivity index (χ2n) is 3.38. The number of nitrogen functional groups attached to an aromatic ring is 1. The third-order valence-corrected chi connectivity index (χ3v) is 1.82. The summed E-state index contributed by atoms with van der Waals surface area (Å²) in [7, 11) is 3.24. The number of urea groups is 1. The molecule has 0 radical (unpaired) electrons. The number of amides is 3. The normalized spacial score (nSPS) is 9.76. The van der Waals surface area contributed by atoms with Gasteiger partial charge < -0.3 is 21.3 Å². The van der Waals surface area contributed by atoms with Gasteiger partial charge >= 0.3 is 6.03 Å². The summed E-state index contributed by atoms with van der Waals surface area (Å²) in [5, 5.41) is 11.7.